The maximum Gasteiger partial charge on any atom is 0.574 e. The Morgan fingerprint density at radius 2 is 2.18 bits per heavy atom. The minimum atomic E-state index is -4.97. The van der Waals surface area contributed by atoms with E-state index in [0.29, 0.717) is 0 Å². The van der Waals surface area contributed by atoms with Crippen molar-refractivity contribution in [2.24, 2.45) is 0 Å². The summed E-state index contributed by atoms with van der Waals surface area (Å²) in [6, 6.07) is 1.76. The fraction of sp³-hybridized carbons (Fsp3) is 0.333. The zero-order chi connectivity index (χ0) is 13.1. The molecule has 8 heteroatoms. The molecule has 5 nitrogen and oxygen atoms in total. The molecule has 1 rings (SSSR count). The summed E-state index contributed by atoms with van der Waals surface area (Å²) >= 11 is 0. The van der Waals surface area contributed by atoms with E-state index in [1.165, 1.54) is 0 Å². The van der Waals surface area contributed by atoms with E-state index in [4.69, 9.17) is 10.00 Å². The highest BCUT2D eigenvalue weighted by Gasteiger charge is 2.34. The summed E-state index contributed by atoms with van der Waals surface area (Å²) in [5, 5.41) is 17.9. The number of methoxy groups -OCH3 is 1. The minimum absolute atomic E-state index is 0.157. The lowest BCUT2D eigenvalue weighted by Gasteiger charge is -2.13. The Bertz CT molecular complexity index is 454. The van der Waals surface area contributed by atoms with Crippen LogP contribution in [0, 0.1) is 11.3 Å². The molecule has 0 saturated heterocycles. The summed E-state index contributed by atoms with van der Waals surface area (Å²) in [4.78, 5) is 3.27. The van der Waals surface area contributed by atoms with Crippen molar-refractivity contribution < 1.29 is 27.8 Å². The quantitative estimate of drug-likeness (QED) is 0.882. The van der Waals surface area contributed by atoms with Gasteiger partial charge >= 0.3 is 6.36 Å². The molecule has 0 atom stereocenters. The number of nitrogens with zero attached hydrogens (tertiary/aromatic N) is 2. The fourth-order valence-electron chi connectivity index (χ4n) is 1.13. The van der Waals surface area contributed by atoms with Crippen LogP contribution in [-0.4, -0.2) is 23.6 Å². The first-order chi connectivity index (χ1) is 7.89. The van der Waals surface area contributed by atoms with Crippen LogP contribution in [0.3, 0.4) is 0 Å². The monoisotopic (exact) mass is 248 g/mol. The van der Waals surface area contributed by atoms with E-state index in [-0.39, 0.29) is 17.7 Å². The summed E-state index contributed by atoms with van der Waals surface area (Å²) in [5.41, 5.74) is 0.169. The number of ether oxygens (including phenoxy) is 2. The smallest absolute Gasteiger partial charge is 0.501 e. The van der Waals surface area contributed by atoms with E-state index < -0.39 is 18.0 Å². The van der Waals surface area contributed by atoms with E-state index in [2.05, 4.69) is 9.72 Å². The molecular formula is C9H7F3N2O3. The van der Waals surface area contributed by atoms with Gasteiger partial charge in [0, 0.05) is 11.8 Å². The number of nitriles is 1. The van der Waals surface area contributed by atoms with Crippen molar-refractivity contribution in [1.29, 1.82) is 5.26 Å². The Hall–Kier alpha value is -2.17. The molecule has 0 fully saturated rings. The third-order valence-electron chi connectivity index (χ3n) is 1.73. The number of aromatic hydroxyl groups is 1. The predicted octanol–water partition coefficient (Wildman–Crippen LogP) is 1.76. The van der Waals surface area contributed by atoms with Crippen LogP contribution in [0.4, 0.5) is 13.2 Å². The minimum Gasteiger partial charge on any atom is -0.501 e. The van der Waals surface area contributed by atoms with Gasteiger partial charge in [0.2, 0.25) is 5.75 Å². The van der Waals surface area contributed by atoms with E-state index in [1.54, 1.807) is 6.07 Å². The van der Waals surface area contributed by atoms with Gasteiger partial charge in [-0.2, -0.15) is 5.26 Å². The van der Waals surface area contributed by atoms with Crippen LogP contribution >= 0.6 is 0 Å². The molecule has 0 aliphatic carbocycles. The van der Waals surface area contributed by atoms with Crippen LogP contribution in [0.25, 0.3) is 0 Å². The first-order valence-corrected chi connectivity index (χ1v) is 4.26. The molecule has 0 amide bonds. The Morgan fingerprint density at radius 3 is 2.65 bits per heavy atom. The van der Waals surface area contributed by atoms with Crippen molar-refractivity contribution in [1.82, 2.24) is 4.98 Å². The second kappa shape index (κ2) is 4.78. The Kier molecular flexibility index (Phi) is 3.62. The topological polar surface area (TPSA) is 75.4 Å². The van der Waals surface area contributed by atoms with E-state index >= 15 is 0 Å². The SMILES string of the molecule is COc1c(CC#N)cnc(OC(F)(F)F)c1O. The van der Waals surface area contributed by atoms with Crippen molar-refractivity contribution in [2.75, 3.05) is 7.11 Å². The van der Waals surface area contributed by atoms with Crippen LogP contribution in [0.1, 0.15) is 5.56 Å². The summed E-state index contributed by atoms with van der Waals surface area (Å²) in [6.07, 6.45) is -4.15. The third kappa shape index (κ3) is 3.14. The van der Waals surface area contributed by atoms with Crippen molar-refractivity contribution in [3.63, 3.8) is 0 Å². The standard InChI is InChI=1S/C9H7F3N2O3/c1-16-7-5(2-3-13)4-14-8(6(7)15)17-9(10,11)12/h4,15H,2H2,1H3. The molecule has 0 aromatic carbocycles. The fourth-order valence-corrected chi connectivity index (χ4v) is 1.13. The van der Waals surface area contributed by atoms with Crippen molar-refractivity contribution in [3.05, 3.63) is 11.8 Å². The van der Waals surface area contributed by atoms with E-state index in [0.717, 1.165) is 13.3 Å². The van der Waals surface area contributed by atoms with Gasteiger partial charge in [0.1, 0.15) is 0 Å². The molecule has 0 saturated carbocycles. The maximum atomic E-state index is 11.9. The number of hydrogen-bond acceptors (Lipinski definition) is 5. The highest BCUT2D eigenvalue weighted by molar-refractivity contribution is 5.51. The first kappa shape index (κ1) is 12.9. The number of rotatable bonds is 3. The van der Waals surface area contributed by atoms with Crippen molar-refractivity contribution >= 4 is 0 Å². The molecule has 1 heterocycles. The van der Waals surface area contributed by atoms with Gasteiger partial charge in [-0.25, -0.2) is 4.98 Å². The van der Waals surface area contributed by atoms with Gasteiger partial charge in [-0.05, 0) is 0 Å². The number of aromatic nitrogens is 1. The second-order valence-electron chi connectivity index (χ2n) is 2.85. The average molecular weight is 248 g/mol. The number of hydrogen-bond donors (Lipinski definition) is 1. The molecule has 0 aliphatic heterocycles. The molecule has 0 aliphatic rings. The van der Waals surface area contributed by atoms with Gasteiger partial charge in [-0.15, -0.1) is 13.2 Å². The molecule has 0 bridgehead atoms. The van der Waals surface area contributed by atoms with Gasteiger partial charge in [-0.1, -0.05) is 0 Å². The second-order valence-corrected chi connectivity index (χ2v) is 2.85. The van der Waals surface area contributed by atoms with Crippen molar-refractivity contribution in [3.8, 4) is 23.4 Å². The molecule has 1 N–H and O–H groups in total. The summed E-state index contributed by atoms with van der Waals surface area (Å²) in [5.74, 6) is -2.17. The maximum absolute atomic E-state index is 11.9. The van der Waals surface area contributed by atoms with Crippen LogP contribution in [0.15, 0.2) is 6.20 Å². The van der Waals surface area contributed by atoms with Gasteiger partial charge in [0.05, 0.1) is 19.6 Å². The van der Waals surface area contributed by atoms with Crippen molar-refractivity contribution in [2.45, 2.75) is 12.8 Å². The zero-order valence-corrected chi connectivity index (χ0v) is 8.58. The molecule has 0 radical (unpaired) electrons. The third-order valence-corrected chi connectivity index (χ3v) is 1.73. The molecular weight excluding hydrogens is 241 g/mol. The van der Waals surface area contributed by atoms with Crippen LogP contribution in [0.2, 0.25) is 0 Å². The molecule has 1 aromatic heterocycles. The molecule has 17 heavy (non-hydrogen) atoms. The lowest BCUT2D eigenvalue weighted by atomic mass is 10.2. The predicted molar refractivity (Wildman–Crippen MR) is 48.5 cm³/mol. The number of alkyl halides is 3. The van der Waals surface area contributed by atoms with E-state index in [1.807, 2.05) is 0 Å². The zero-order valence-electron chi connectivity index (χ0n) is 8.58. The van der Waals surface area contributed by atoms with Crippen LogP contribution < -0.4 is 9.47 Å². The van der Waals surface area contributed by atoms with E-state index in [9.17, 15) is 18.3 Å². The molecule has 92 valence electrons. The number of halogens is 3. The molecule has 0 spiro atoms. The number of pyridine rings is 1. The van der Waals surface area contributed by atoms with Gasteiger partial charge < -0.3 is 14.6 Å². The average Bonchev–Trinajstić information content (AvgIpc) is 2.21. The highest BCUT2D eigenvalue weighted by Crippen LogP contribution is 2.39. The molecule has 1 aromatic rings. The summed E-state index contributed by atoms with van der Waals surface area (Å²) in [6.45, 7) is 0. The van der Waals surface area contributed by atoms with Gasteiger partial charge in [0.15, 0.2) is 5.75 Å². The van der Waals surface area contributed by atoms with Crippen LogP contribution in [-0.2, 0) is 6.42 Å². The summed E-state index contributed by atoms with van der Waals surface area (Å²) < 4.78 is 44.0. The Balaban J connectivity index is 3.16. The first-order valence-electron chi connectivity index (χ1n) is 4.26. The summed E-state index contributed by atoms with van der Waals surface area (Å²) in [7, 11) is 1.15. The van der Waals surface area contributed by atoms with Gasteiger partial charge in [0.25, 0.3) is 5.88 Å². The lowest BCUT2D eigenvalue weighted by Crippen LogP contribution is -2.18. The molecule has 0 unspecified atom stereocenters. The normalized spacial score (nSPS) is 10.8. The largest absolute Gasteiger partial charge is 0.574 e. The van der Waals surface area contributed by atoms with Crippen LogP contribution in [0.5, 0.6) is 17.4 Å². The van der Waals surface area contributed by atoms with Gasteiger partial charge in [-0.3, -0.25) is 0 Å². The Labute approximate surface area is 94.0 Å². The lowest BCUT2D eigenvalue weighted by molar-refractivity contribution is -0.276. The highest BCUT2D eigenvalue weighted by atomic mass is 19.4. The Morgan fingerprint density at radius 1 is 1.53 bits per heavy atom.